The Morgan fingerprint density at radius 2 is 2.00 bits per heavy atom. The van der Waals surface area contributed by atoms with Crippen LogP contribution in [0.4, 0.5) is 10.1 Å². The topological polar surface area (TPSA) is 32.3 Å². The van der Waals surface area contributed by atoms with E-state index in [-0.39, 0.29) is 17.6 Å². The predicted molar refractivity (Wildman–Crippen MR) is 79.3 cm³/mol. The Balaban J connectivity index is 2.21. The minimum absolute atomic E-state index is 0.0991. The summed E-state index contributed by atoms with van der Waals surface area (Å²) in [6, 6.07) is 11.7. The van der Waals surface area contributed by atoms with Gasteiger partial charge in [0.15, 0.2) is 0 Å². The van der Waals surface area contributed by atoms with Gasteiger partial charge < -0.3 is 10.4 Å². The molecule has 0 aromatic heterocycles. The SMILES string of the molecule is CC(Nc1cccc(I)c1)c1cc(F)ccc1O. The van der Waals surface area contributed by atoms with Gasteiger partial charge in [0.2, 0.25) is 0 Å². The number of benzene rings is 2. The van der Waals surface area contributed by atoms with E-state index < -0.39 is 0 Å². The number of hydrogen-bond donors (Lipinski definition) is 2. The van der Waals surface area contributed by atoms with E-state index in [0.29, 0.717) is 5.56 Å². The van der Waals surface area contributed by atoms with E-state index in [2.05, 4.69) is 27.9 Å². The molecule has 0 bridgehead atoms. The zero-order valence-corrected chi connectivity index (χ0v) is 12.0. The molecule has 0 aliphatic carbocycles. The third kappa shape index (κ3) is 3.13. The number of nitrogens with one attached hydrogen (secondary N) is 1. The molecule has 0 aliphatic heterocycles. The van der Waals surface area contributed by atoms with Crippen LogP contribution in [0.2, 0.25) is 0 Å². The molecule has 4 heteroatoms. The molecule has 0 fully saturated rings. The molecule has 2 rings (SSSR count). The third-order valence-electron chi connectivity index (χ3n) is 2.66. The first-order valence-electron chi connectivity index (χ1n) is 5.57. The lowest BCUT2D eigenvalue weighted by Crippen LogP contribution is -2.07. The molecule has 1 unspecified atom stereocenters. The van der Waals surface area contributed by atoms with Gasteiger partial charge >= 0.3 is 0 Å². The smallest absolute Gasteiger partial charge is 0.123 e. The highest BCUT2D eigenvalue weighted by Gasteiger charge is 2.11. The highest BCUT2D eigenvalue weighted by molar-refractivity contribution is 14.1. The van der Waals surface area contributed by atoms with Gasteiger partial charge in [0.1, 0.15) is 11.6 Å². The number of hydrogen-bond acceptors (Lipinski definition) is 2. The van der Waals surface area contributed by atoms with Crippen molar-refractivity contribution in [2.45, 2.75) is 13.0 Å². The monoisotopic (exact) mass is 357 g/mol. The number of anilines is 1. The van der Waals surface area contributed by atoms with Gasteiger partial charge in [-0.15, -0.1) is 0 Å². The van der Waals surface area contributed by atoms with Crippen molar-refractivity contribution in [3.05, 3.63) is 57.4 Å². The van der Waals surface area contributed by atoms with Gasteiger partial charge in [-0.3, -0.25) is 0 Å². The summed E-state index contributed by atoms with van der Waals surface area (Å²) in [5.74, 6) is -0.249. The van der Waals surface area contributed by atoms with Crippen molar-refractivity contribution in [1.29, 1.82) is 0 Å². The normalized spacial score (nSPS) is 12.2. The average molecular weight is 357 g/mol. The summed E-state index contributed by atoms with van der Waals surface area (Å²) in [5.41, 5.74) is 1.49. The van der Waals surface area contributed by atoms with E-state index >= 15 is 0 Å². The Bertz CT molecular complexity index is 559. The maximum absolute atomic E-state index is 13.2. The first kappa shape index (κ1) is 13.1. The van der Waals surface area contributed by atoms with Crippen LogP contribution in [0, 0.1) is 9.39 Å². The fraction of sp³-hybridized carbons (Fsp3) is 0.143. The van der Waals surface area contributed by atoms with Crippen molar-refractivity contribution in [3.8, 4) is 5.75 Å². The van der Waals surface area contributed by atoms with E-state index in [4.69, 9.17) is 0 Å². The molecule has 94 valence electrons. The maximum Gasteiger partial charge on any atom is 0.123 e. The zero-order valence-electron chi connectivity index (χ0n) is 9.82. The molecule has 0 spiro atoms. The fourth-order valence-electron chi connectivity index (χ4n) is 1.78. The molecule has 0 aliphatic rings. The summed E-state index contributed by atoms with van der Waals surface area (Å²) in [6.45, 7) is 1.88. The van der Waals surface area contributed by atoms with Gasteiger partial charge in [-0.1, -0.05) is 6.07 Å². The summed E-state index contributed by atoms with van der Waals surface area (Å²) in [5, 5.41) is 13.0. The van der Waals surface area contributed by atoms with Crippen LogP contribution in [0.15, 0.2) is 42.5 Å². The number of halogens is 2. The summed E-state index contributed by atoms with van der Waals surface area (Å²) in [6.07, 6.45) is 0. The molecule has 0 saturated carbocycles. The molecule has 0 saturated heterocycles. The minimum atomic E-state index is -0.348. The van der Waals surface area contributed by atoms with Gasteiger partial charge in [-0.05, 0) is 65.9 Å². The van der Waals surface area contributed by atoms with Gasteiger partial charge in [-0.2, -0.15) is 0 Å². The molecule has 2 aromatic rings. The lowest BCUT2D eigenvalue weighted by Gasteiger charge is -2.17. The average Bonchev–Trinajstić information content (AvgIpc) is 2.32. The van der Waals surface area contributed by atoms with Crippen LogP contribution in [-0.2, 0) is 0 Å². The predicted octanol–water partition coefficient (Wildman–Crippen LogP) is 4.31. The van der Waals surface area contributed by atoms with Gasteiger partial charge in [0.25, 0.3) is 0 Å². The first-order chi connectivity index (χ1) is 8.56. The van der Waals surface area contributed by atoms with Crippen molar-refractivity contribution < 1.29 is 9.50 Å². The molecule has 0 heterocycles. The Labute approximate surface area is 119 Å². The molecular weight excluding hydrogens is 344 g/mol. The molecule has 2 N–H and O–H groups in total. The quantitative estimate of drug-likeness (QED) is 0.803. The number of phenolic OH excluding ortho intramolecular Hbond substituents is 1. The van der Waals surface area contributed by atoms with E-state index in [1.54, 1.807) is 0 Å². The van der Waals surface area contributed by atoms with Crippen LogP contribution in [0.5, 0.6) is 5.75 Å². The fourth-order valence-corrected chi connectivity index (χ4v) is 2.32. The van der Waals surface area contributed by atoms with E-state index in [0.717, 1.165) is 9.26 Å². The van der Waals surface area contributed by atoms with Gasteiger partial charge in [-0.25, -0.2) is 4.39 Å². The molecular formula is C14H13FINO. The van der Waals surface area contributed by atoms with Gasteiger partial charge in [0.05, 0.1) is 6.04 Å². The van der Waals surface area contributed by atoms with Crippen LogP contribution < -0.4 is 5.32 Å². The molecule has 18 heavy (non-hydrogen) atoms. The second-order valence-corrected chi connectivity index (χ2v) is 5.33. The Kier molecular flexibility index (Phi) is 4.06. The summed E-state index contributed by atoms with van der Waals surface area (Å²) < 4.78 is 14.3. The third-order valence-corrected chi connectivity index (χ3v) is 3.33. The lowest BCUT2D eigenvalue weighted by atomic mass is 10.1. The van der Waals surface area contributed by atoms with Crippen LogP contribution >= 0.6 is 22.6 Å². The highest BCUT2D eigenvalue weighted by Crippen LogP contribution is 2.27. The molecule has 0 radical (unpaired) electrons. The largest absolute Gasteiger partial charge is 0.508 e. The van der Waals surface area contributed by atoms with Crippen molar-refractivity contribution in [3.63, 3.8) is 0 Å². The number of rotatable bonds is 3. The van der Waals surface area contributed by atoms with Crippen LogP contribution in [-0.4, -0.2) is 5.11 Å². The Hall–Kier alpha value is -1.30. The highest BCUT2D eigenvalue weighted by atomic mass is 127. The maximum atomic E-state index is 13.2. The second-order valence-electron chi connectivity index (χ2n) is 4.08. The number of aromatic hydroxyl groups is 1. The summed E-state index contributed by atoms with van der Waals surface area (Å²) in [4.78, 5) is 0. The molecule has 2 nitrogen and oxygen atoms in total. The summed E-state index contributed by atoms with van der Waals surface area (Å²) in [7, 11) is 0. The molecule has 2 aromatic carbocycles. The van der Waals surface area contributed by atoms with Gasteiger partial charge in [0, 0.05) is 14.8 Å². The molecule has 1 atom stereocenters. The minimum Gasteiger partial charge on any atom is -0.508 e. The van der Waals surface area contributed by atoms with E-state index in [9.17, 15) is 9.50 Å². The second kappa shape index (κ2) is 5.56. The van der Waals surface area contributed by atoms with Crippen molar-refractivity contribution >= 4 is 28.3 Å². The Morgan fingerprint density at radius 3 is 2.72 bits per heavy atom. The Morgan fingerprint density at radius 1 is 1.22 bits per heavy atom. The number of phenols is 1. The standard InChI is InChI=1S/C14H13FINO/c1-9(13-7-10(15)5-6-14(13)18)17-12-4-2-3-11(16)8-12/h2-9,17-18H,1H3. The first-order valence-corrected chi connectivity index (χ1v) is 6.64. The van der Waals surface area contributed by atoms with Crippen molar-refractivity contribution in [2.75, 3.05) is 5.32 Å². The van der Waals surface area contributed by atoms with Crippen LogP contribution in [0.3, 0.4) is 0 Å². The molecule has 0 amide bonds. The van der Waals surface area contributed by atoms with E-state index in [1.165, 1.54) is 18.2 Å². The van der Waals surface area contributed by atoms with Crippen LogP contribution in [0.25, 0.3) is 0 Å². The summed E-state index contributed by atoms with van der Waals surface area (Å²) >= 11 is 2.23. The lowest BCUT2D eigenvalue weighted by molar-refractivity contribution is 0.462. The van der Waals surface area contributed by atoms with Crippen molar-refractivity contribution in [1.82, 2.24) is 0 Å². The van der Waals surface area contributed by atoms with Crippen molar-refractivity contribution in [2.24, 2.45) is 0 Å². The zero-order chi connectivity index (χ0) is 13.1. The van der Waals surface area contributed by atoms with Crippen LogP contribution in [0.1, 0.15) is 18.5 Å². The van der Waals surface area contributed by atoms with E-state index in [1.807, 2.05) is 31.2 Å².